The normalized spacial score (nSPS) is 15.9. The van der Waals surface area contributed by atoms with Gasteiger partial charge in [-0.15, -0.1) is 0 Å². The van der Waals surface area contributed by atoms with Crippen LogP contribution in [0.4, 0.5) is 26.3 Å². The molecule has 3 aromatic rings. The molecule has 1 saturated carbocycles. The van der Waals surface area contributed by atoms with Crippen LogP contribution in [-0.4, -0.2) is 10.1 Å². The number of ether oxygens (including phenoxy) is 1. The van der Waals surface area contributed by atoms with E-state index in [0.29, 0.717) is 11.3 Å². The molecule has 1 aromatic heterocycles. The summed E-state index contributed by atoms with van der Waals surface area (Å²) in [5.74, 6) is -2.18. The van der Waals surface area contributed by atoms with Crippen LogP contribution < -0.4 is 4.74 Å². The minimum atomic E-state index is -5.15. The Morgan fingerprint density at radius 3 is 2.12 bits per heavy atom. The van der Waals surface area contributed by atoms with Gasteiger partial charge < -0.3 is 14.8 Å². The lowest BCUT2D eigenvalue weighted by Crippen LogP contribution is -2.14. The number of H-pyrrole nitrogens is 1. The third kappa shape index (κ3) is 4.66. The molecule has 2 aromatic carbocycles. The monoisotopic (exact) mass is 457 g/mol. The second-order valence-corrected chi connectivity index (χ2v) is 8.20. The summed E-state index contributed by atoms with van der Waals surface area (Å²) in [7, 11) is 0. The quantitative estimate of drug-likeness (QED) is 0.392. The van der Waals surface area contributed by atoms with Crippen molar-refractivity contribution in [2.45, 2.75) is 50.9 Å². The highest BCUT2D eigenvalue weighted by molar-refractivity contribution is 5.84. The minimum Gasteiger partial charge on any atom is -0.508 e. The number of halogens is 6. The van der Waals surface area contributed by atoms with Crippen LogP contribution in [0.3, 0.4) is 0 Å². The molecule has 9 heteroatoms. The standard InChI is InChI=1S/C23H21F6NO2/c24-22(25,26)18-9-15(31)10-19(23(27,28)29)21(18)32-16-6-7-20-17(11-16)14(12-30-20)8-13-4-2-1-3-5-13/h6-7,9-13,30-31H,1-5,8H2. The summed E-state index contributed by atoms with van der Waals surface area (Å²) in [5.41, 5.74) is -1.71. The molecule has 0 aliphatic heterocycles. The first kappa shape index (κ1) is 22.4. The number of phenolic OH excluding ortho intramolecular Hbond substituents is 1. The smallest absolute Gasteiger partial charge is 0.420 e. The molecular weight excluding hydrogens is 436 g/mol. The summed E-state index contributed by atoms with van der Waals surface area (Å²) in [6, 6.07) is 4.80. The molecule has 172 valence electrons. The fraction of sp³-hybridized carbons (Fsp3) is 0.391. The molecule has 3 nitrogen and oxygen atoms in total. The summed E-state index contributed by atoms with van der Waals surface area (Å²) < 4.78 is 86.0. The number of phenols is 1. The molecular formula is C23H21F6NO2. The number of fused-ring (bicyclic) bond motifs is 1. The Bertz CT molecular complexity index is 1070. The van der Waals surface area contributed by atoms with E-state index in [4.69, 9.17) is 4.74 Å². The summed E-state index contributed by atoms with van der Waals surface area (Å²) in [6.45, 7) is 0. The van der Waals surface area contributed by atoms with Gasteiger partial charge in [0.2, 0.25) is 0 Å². The number of benzene rings is 2. The fourth-order valence-electron chi connectivity index (χ4n) is 4.35. The Morgan fingerprint density at radius 1 is 0.906 bits per heavy atom. The number of alkyl halides is 6. The maximum absolute atomic E-state index is 13.5. The molecule has 0 radical (unpaired) electrons. The Kier molecular flexibility index (Phi) is 5.77. The Hall–Kier alpha value is -2.84. The number of nitrogens with one attached hydrogen (secondary N) is 1. The van der Waals surface area contributed by atoms with Gasteiger partial charge in [0.05, 0.1) is 0 Å². The topological polar surface area (TPSA) is 45.2 Å². The first-order valence-corrected chi connectivity index (χ1v) is 10.3. The zero-order valence-electron chi connectivity index (χ0n) is 16.9. The molecule has 2 N–H and O–H groups in total. The van der Waals surface area contributed by atoms with Crippen molar-refractivity contribution in [3.63, 3.8) is 0 Å². The largest absolute Gasteiger partial charge is 0.508 e. The van der Waals surface area contributed by atoms with Gasteiger partial charge in [0.1, 0.15) is 22.6 Å². The molecule has 0 spiro atoms. The van der Waals surface area contributed by atoms with Crippen molar-refractivity contribution in [1.29, 1.82) is 0 Å². The van der Waals surface area contributed by atoms with E-state index in [0.717, 1.165) is 43.2 Å². The van der Waals surface area contributed by atoms with Gasteiger partial charge in [-0.05, 0) is 48.2 Å². The highest BCUT2D eigenvalue weighted by Gasteiger charge is 2.43. The lowest BCUT2D eigenvalue weighted by atomic mass is 9.85. The average molecular weight is 457 g/mol. The van der Waals surface area contributed by atoms with Crippen LogP contribution >= 0.6 is 0 Å². The van der Waals surface area contributed by atoms with Crippen molar-refractivity contribution in [3.05, 3.63) is 53.2 Å². The highest BCUT2D eigenvalue weighted by Crippen LogP contribution is 2.48. The molecule has 1 aliphatic carbocycles. The molecule has 1 heterocycles. The first-order chi connectivity index (χ1) is 15.0. The molecule has 0 atom stereocenters. The molecule has 0 amide bonds. The maximum atomic E-state index is 13.5. The van der Waals surface area contributed by atoms with Gasteiger partial charge in [-0.1, -0.05) is 32.1 Å². The average Bonchev–Trinajstić information content (AvgIpc) is 3.10. The molecule has 32 heavy (non-hydrogen) atoms. The van der Waals surface area contributed by atoms with Gasteiger partial charge in [-0.25, -0.2) is 0 Å². The van der Waals surface area contributed by atoms with E-state index in [2.05, 4.69) is 4.98 Å². The number of hydrogen-bond donors (Lipinski definition) is 2. The van der Waals surface area contributed by atoms with Gasteiger partial charge in [-0.3, -0.25) is 0 Å². The number of aromatic nitrogens is 1. The van der Waals surface area contributed by atoms with Crippen molar-refractivity contribution in [3.8, 4) is 17.2 Å². The Balaban J connectivity index is 1.74. The van der Waals surface area contributed by atoms with Gasteiger partial charge in [-0.2, -0.15) is 26.3 Å². The first-order valence-electron chi connectivity index (χ1n) is 10.3. The van der Waals surface area contributed by atoms with E-state index in [1.165, 1.54) is 18.6 Å². The summed E-state index contributed by atoms with van der Waals surface area (Å²) in [5, 5.41) is 10.2. The van der Waals surface area contributed by atoms with Crippen LogP contribution in [0.25, 0.3) is 10.9 Å². The number of hydrogen-bond acceptors (Lipinski definition) is 2. The van der Waals surface area contributed by atoms with E-state index < -0.39 is 35.0 Å². The molecule has 0 bridgehead atoms. The van der Waals surface area contributed by atoms with Gasteiger partial charge in [0, 0.05) is 17.1 Å². The van der Waals surface area contributed by atoms with Crippen molar-refractivity contribution >= 4 is 10.9 Å². The van der Waals surface area contributed by atoms with E-state index >= 15 is 0 Å². The lowest BCUT2D eigenvalue weighted by Gasteiger charge is -2.21. The molecule has 1 aliphatic rings. The predicted molar refractivity (Wildman–Crippen MR) is 107 cm³/mol. The van der Waals surface area contributed by atoms with Crippen molar-refractivity contribution in [2.24, 2.45) is 5.92 Å². The van der Waals surface area contributed by atoms with Crippen LogP contribution in [0.2, 0.25) is 0 Å². The molecule has 0 unspecified atom stereocenters. The Labute approximate surface area is 180 Å². The molecule has 4 rings (SSSR count). The van der Waals surface area contributed by atoms with E-state index in [1.54, 1.807) is 6.07 Å². The second kappa shape index (κ2) is 8.26. The van der Waals surface area contributed by atoms with E-state index in [9.17, 15) is 31.4 Å². The zero-order chi connectivity index (χ0) is 23.1. The van der Waals surface area contributed by atoms with Gasteiger partial charge in [0.25, 0.3) is 0 Å². The molecule has 0 saturated heterocycles. The van der Waals surface area contributed by atoms with Crippen molar-refractivity contribution < 1.29 is 36.2 Å². The van der Waals surface area contributed by atoms with Crippen LogP contribution in [0.5, 0.6) is 17.2 Å². The number of aromatic hydroxyl groups is 1. The van der Waals surface area contributed by atoms with Gasteiger partial charge >= 0.3 is 12.4 Å². The predicted octanol–water partition coefficient (Wildman–Crippen LogP) is 7.83. The fourth-order valence-corrected chi connectivity index (χ4v) is 4.35. The maximum Gasteiger partial charge on any atom is 0.420 e. The van der Waals surface area contributed by atoms with Crippen LogP contribution in [-0.2, 0) is 18.8 Å². The number of rotatable bonds is 4. The third-order valence-electron chi connectivity index (χ3n) is 5.88. The van der Waals surface area contributed by atoms with E-state index in [1.807, 2.05) is 6.20 Å². The summed E-state index contributed by atoms with van der Waals surface area (Å²) in [4.78, 5) is 3.10. The van der Waals surface area contributed by atoms with Gasteiger partial charge in [0.15, 0.2) is 5.75 Å². The van der Waals surface area contributed by atoms with Crippen molar-refractivity contribution in [1.82, 2.24) is 4.98 Å². The minimum absolute atomic E-state index is 0.149. The zero-order valence-corrected chi connectivity index (χ0v) is 16.9. The Morgan fingerprint density at radius 2 is 1.53 bits per heavy atom. The highest BCUT2D eigenvalue weighted by atomic mass is 19.4. The summed E-state index contributed by atoms with van der Waals surface area (Å²) in [6.07, 6.45) is -1.99. The second-order valence-electron chi connectivity index (χ2n) is 8.20. The van der Waals surface area contributed by atoms with Crippen LogP contribution in [0.1, 0.15) is 48.8 Å². The van der Waals surface area contributed by atoms with E-state index in [-0.39, 0.29) is 17.9 Å². The lowest BCUT2D eigenvalue weighted by molar-refractivity contribution is -0.145. The third-order valence-corrected chi connectivity index (χ3v) is 5.88. The SMILES string of the molecule is Oc1cc(C(F)(F)F)c(Oc2ccc3[nH]cc(CC4CCCCC4)c3c2)c(C(F)(F)F)c1. The summed E-state index contributed by atoms with van der Waals surface area (Å²) >= 11 is 0. The van der Waals surface area contributed by atoms with Crippen molar-refractivity contribution in [2.75, 3.05) is 0 Å². The van der Waals surface area contributed by atoms with Crippen LogP contribution in [0.15, 0.2) is 36.5 Å². The number of aromatic amines is 1. The van der Waals surface area contributed by atoms with Crippen LogP contribution in [0, 0.1) is 5.92 Å². The molecule has 1 fully saturated rings.